The standard InChI is InChI=1S/C21H20ClN5O3/c1-2-26-7-4-11(5-8-26)27-20(29)12-9-15-16(10-13(12)21(27)30)25-18(24-15)17-14(22)3-6-23-19(17)28/h3,6,9-11H,2,4-5,7-8H2,1H3,(H,23,28)(H,24,25). The average Bonchev–Trinajstić information content (AvgIpc) is 3.25. The number of halogens is 1. The smallest absolute Gasteiger partial charge is 0.261 e. The van der Waals surface area contributed by atoms with Crippen molar-refractivity contribution < 1.29 is 9.59 Å². The van der Waals surface area contributed by atoms with Crippen LogP contribution in [-0.4, -0.2) is 62.2 Å². The van der Waals surface area contributed by atoms with Gasteiger partial charge in [0.2, 0.25) is 0 Å². The molecule has 1 aromatic carbocycles. The van der Waals surface area contributed by atoms with Gasteiger partial charge in [0.15, 0.2) is 0 Å². The maximum absolute atomic E-state index is 13.1. The summed E-state index contributed by atoms with van der Waals surface area (Å²) in [6.07, 6.45) is 3.03. The summed E-state index contributed by atoms with van der Waals surface area (Å²) in [5, 5.41) is 0.266. The minimum Gasteiger partial charge on any atom is -0.338 e. The summed E-state index contributed by atoms with van der Waals surface area (Å²) in [6, 6.07) is 4.76. The van der Waals surface area contributed by atoms with Gasteiger partial charge >= 0.3 is 0 Å². The lowest BCUT2D eigenvalue weighted by atomic mass is 10.0. The van der Waals surface area contributed by atoms with Gasteiger partial charge in [-0.1, -0.05) is 18.5 Å². The predicted molar refractivity (Wildman–Crippen MR) is 113 cm³/mol. The van der Waals surface area contributed by atoms with E-state index in [1.807, 2.05) is 0 Å². The lowest BCUT2D eigenvalue weighted by Crippen LogP contribution is -2.47. The number of nitrogens with zero attached hydrogens (tertiary/aromatic N) is 3. The third kappa shape index (κ3) is 2.86. The molecule has 2 amide bonds. The van der Waals surface area contributed by atoms with E-state index in [1.165, 1.54) is 11.1 Å². The lowest BCUT2D eigenvalue weighted by molar-refractivity contribution is 0.0506. The molecule has 0 aliphatic carbocycles. The van der Waals surface area contributed by atoms with Crippen molar-refractivity contribution in [2.75, 3.05) is 19.6 Å². The van der Waals surface area contributed by atoms with Crippen molar-refractivity contribution in [3.63, 3.8) is 0 Å². The average molecular weight is 426 g/mol. The molecule has 2 aliphatic rings. The SMILES string of the molecule is CCN1CCC(N2C(=O)c3cc4nc(-c5c(Cl)cc[nH]c5=O)[nH]c4cc3C2=O)CC1. The van der Waals surface area contributed by atoms with Crippen LogP contribution in [0.5, 0.6) is 0 Å². The number of fused-ring (bicyclic) bond motifs is 2. The fraction of sp³-hybridized carbons (Fsp3) is 0.333. The summed E-state index contributed by atoms with van der Waals surface area (Å²) in [7, 11) is 0. The van der Waals surface area contributed by atoms with Gasteiger partial charge in [-0.15, -0.1) is 0 Å². The van der Waals surface area contributed by atoms with Gasteiger partial charge in [0.25, 0.3) is 17.4 Å². The van der Waals surface area contributed by atoms with Gasteiger partial charge in [0, 0.05) is 25.3 Å². The van der Waals surface area contributed by atoms with Crippen LogP contribution in [0.25, 0.3) is 22.4 Å². The second-order valence-electron chi connectivity index (χ2n) is 7.68. The fourth-order valence-electron chi connectivity index (χ4n) is 4.38. The lowest BCUT2D eigenvalue weighted by Gasteiger charge is -2.35. The molecule has 0 bridgehead atoms. The Labute approximate surface area is 176 Å². The Morgan fingerprint density at radius 2 is 1.83 bits per heavy atom. The van der Waals surface area contributed by atoms with Crippen molar-refractivity contribution in [1.82, 2.24) is 24.8 Å². The molecule has 2 N–H and O–H groups in total. The number of H-pyrrole nitrogens is 2. The van der Waals surface area contributed by atoms with Crippen molar-refractivity contribution >= 4 is 34.4 Å². The van der Waals surface area contributed by atoms with Crippen LogP contribution in [0.15, 0.2) is 29.2 Å². The minimum absolute atomic E-state index is 0.0799. The molecule has 0 saturated carbocycles. The second-order valence-corrected chi connectivity index (χ2v) is 8.08. The second kappa shape index (κ2) is 7.07. The monoisotopic (exact) mass is 425 g/mol. The Hall–Kier alpha value is -2.97. The van der Waals surface area contributed by atoms with Crippen molar-refractivity contribution in [2.24, 2.45) is 0 Å². The number of likely N-dealkylation sites (tertiary alicyclic amines) is 1. The number of benzene rings is 1. The van der Waals surface area contributed by atoms with E-state index >= 15 is 0 Å². The highest BCUT2D eigenvalue weighted by Gasteiger charge is 2.41. The molecule has 8 nitrogen and oxygen atoms in total. The molecule has 1 saturated heterocycles. The van der Waals surface area contributed by atoms with Crippen molar-refractivity contribution in [1.29, 1.82) is 0 Å². The van der Waals surface area contributed by atoms with Crippen LogP contribution < -0.4 is 5.56 Å². The van der Waals surface area contributed by atoms with E-state index in [-0.39, 0.29) is 34.0 Å². The van der Waals surface area contributed by atoms with Crippen LogP contribution in [0.4, 0.5) is 0 Å². The molecule has 0 radical (unpaired) electrons. The first-order valence-electron chi connectivity index (χ1n) is 9.99. The Balaban J connectivity index is 1.51. The van der Waals surface area contributed by atoms with E-state index in [9.17, 15) is 14.4 Å². The number of carbonyl (C=O) groups excluding carboxylic acids is 2. The number of amides is 2. The van der Waals surface area contributed by atoms with E-state index in [0.29, 0.717) is 28.0 Å². The summed E-state index contributed by atoms with van der Waals surface area (Å²) < 4.78 is 0. The third-order valence-corrected chi connectivity index (χ3v) is 6.35. The number of imide groups is 1. The number of aromatic nitrogens is 3. The van der Waals surface area contributed by atoms with Crippen molar-refractivity contribution in [2.45, 2.75) is 25.8 Å². The van der Waals surface area contributed by atoms with Crippen molar-refractivity contribution in [3.05, 3.63) is 50.9 Å². The third-order valence-electron chi connectivity index (χ3n) is 6.04. The number of carbonyl (C=O) groups is 2. The highest BCUT2D eigenvalue weighted by molar-refractivity contribution is 6.33. The van der Waals surface area contributed by atoms with Crippen LogP contribution in [0.2, 0.25) is 5.02 Å². The Morgan fingerprint density at radius 1 is 1.13 bits per heavy atom. The first-order valence-corrected chi connectivity index (χ1v) is 10.4. The molecule has 9 heteroatoms. The Morgan fingerprint density at radius 3 is 2.50 bits per heavy atom. The van der Waals surface area contributed by atoms with E-state index in [0.717, 1.165) is 32.5 Å². The van der Waals surface area contributed by atoms with Gasteiger partial charge in [-0.05, 0) is 37.6 Å². The topological polar surface area (TPSA) is 102 Å². The molecule has 30 heavy (non-hydrogen) atoms. The van der Waals surface area contributed by atoms with Crippen LogP contribution in [0.3, 0.4) is 0 Å². The van der Waals surface area contributed by atoms with Crippen LogP contribution >= 0.6 is 11.6 Å². The highest BCUT2D eigenvalue weighted by atomic mass is 35.5. The summed E-state index contributed by atoms with van der Waals surface area (Å²) >= 11 is 6.17. The molecular weight excluding hydrogens is 406 g/mol. The van der Waals surface area contributed by atoms with Crippen LogP contribution in [0.1, 0.15) is 40.5 Å². The van der Waals surface area contributed by atoms with Gasteiger partial charge in [-0.3, -0.25) is 19.3 Å². The van der Waals surface area contributed by atoms with Gasteiger partial charge in [-0.2, -0.15) is 0 Å². The van der Waals surface area contributed by atoms with E-state index < -0.39 is 0 Å². The van der Waals surface area contributed by atoms with E-state index in [2.05, 4.69) is 26.8 Å². The van der Waals surface area contributed by atoms with E-state index in [4.69, 9.17) is 11.6 Å². The Kier molecular flexibility index (Phi) is 4.48. The highest BCUT2D eigenvalue weighted by Crippen LogP contribution is 2.32. The summed E-state index contributed by atoms with van der Waals surface area (Å²) in [5.41, 5.74) is 1.66. The van der Waals surface area contributed by atoms with Gasteiger partial charge < -0.3 is 14.9 Å². The molecule has 3 aromatic rings. The first kappa shape index (κ1) is 19.0. The zero-order valence-electron chi connectivity index (χ0n) is 16.4. The molecule has 0 spiro atoms. The summed E-state index contributed by atoms with van der Waals surface area (Å²) in [4.78, 5) is 52.1. The van der Waals surface area contributed by atoms with Crippen molar-refractivity contribution in [3.8, 4) is 11.4 Å². The number of hydrogen-bond acceptors (Lipinski definition) is 5. The predicted octanol–water partition coefficient (Wildman–Crippen LogP) is 2.65. The van der Waals surface area contributed by atoms with Crippen LogP contribution in [-0.2, 0) is 0 Å². The number of hydrogen-bond donors (Lipinski definition) is 2. The molecule has 2 aliphatic heterocycles. The molecule has 0 atom stereocenters. The molecule has 5 rings (SSSR count). The first-order chi connectivity index (χ1) is 14.5. The minimum atomic E-state index is -0.370. The molecule has 2 aromatic heterocycles. The molecule has 154 valence electrons. The number of aromatic amines is 2. The summed E-state index contributed by atoms with van der Waals surface area (Å²) in [5.74, 6) is -0.241. The maximum atomic E-state index is 13.1. The molecular formula is C21H20ClN5O3. The van der Waals surface area contributed by atoms with Gasteiger partial charge in [-0.25, -0.2) is 4.98 Å². The number of imidazole rings is 1. The molecule has 0 unspecified atom stereocenters. The maximum Gasteiger partial charge on any atom is 0.261 e. The zero-order chi connectivity index (χ0) is 21.0. The van der Waals surface area contributed by atoms with Crippen LogP contribution in [0, 0.1) is 0 Å². The largest absolute Gasteiger partial charge is 0.338 e. The number of rotatable bonds is 3. The number of nitrogens with one attached hydrogen (secondary N) is 2. The number of pyridine rings is 1. The normalized spacial score (nSPS) is 17.9. The van der Waals surface area contributed by atoms with E-state index in [1.54, 1.807) is 18.2 Å². The molecule has 4 heterocycles. The number of piperidine rings is 1. The quantitative estimate of drug-likeness (QED) is 0.628. The Bertz CT molecular complexity index is 1190. The summed E-state index contributed by atoms with van der Waals surface area (Å²) in [6.45, 7) is 4.85. The molecule has 1 fully saturated rings. The van der Waals surface area contributed by atoms with Gasteiger partial charge in [0.1, 0.15) is 11.4 Å². The van der Waals surface area contributed by atoms with Gasteiger partial charge in [0.05, 0.1) is 27.2 Å². The zero-order valence-corrected chi connectivity index (χ0v) is 17.1. The fourth-order valence-corrected chi connectivity index (χ4v) is 4.62.